The van der Waals surface area contributed by atoms with Crippen LogP contribution in [0.15, 0.2) is 52.1 Å². The predicted octanol–water partition coefficient (Wildman–Crippen LogP) is 3.45. The van der Waals surface area contributed by atoms with E-state index in [2.05, 4.69) is 15.6 Å². The molecule has 0 aliphatic carbocycles. The average molecular weight is 386 g/mol. The van der Waals surface area contributed by atoms with Crippen LogP contribution in [0, 0.1) is 0 Å². The summed E-state index contributed by atoms with van der Waals surface area (Å²) in [5.74, 6) is -0.895. The zero-order chi connectivity index (χ0) is 19.6. The van der Waals surface area contributed by atoms with Gasteiger partial charge in [-0.1, -0.05) is 36.7 Å². The number of benzene rings is 2. The van der Waals surface area contributed by atoms with E-state index >= 15 is 0 Å². The summed E-state index contributed by atoms with van der Waals surface area (Å²) in [5, 5.41) is 15.0. The highest BCUT2D eigenvalue weighted by Crippen LogP contribution is 2.24. The molecule has 0 aliphatic heterocycles. The second-order valence-corrected chi connectivity index (χ2v) is 6.21. The van der Waals surface area contributed by atoms with Crippen LogP contribution in [0.3, 0.4) is 0 Å². The van der Waals surface area contributed by atoms with Gasteiger partial charge in [0.1, 0.15) is 5.69 Å². The molecule has 1 aromatic heterocycles. The van der Waals surface area contributed by atoms with Gasteiger partial charge in [-0.2, -0.15) is 0 Å². The molecule has 1 heterocycles. The molecule has 0 aliphatic rings. The Hall–Kier alpha value is -3.32. The summed E-state index contributed by atoms with van der Waals surface area (Å²) in [4.78, 5) is 39.7. The van der Waals surface area contributed by atoms with Gasteiger partial charge in [-0.05, 0) is 36.2 Å². The quantitative estimate of drug-likeness (QED) is 0.553. The average Bonchev–Trinajstić information content (AvgIpc) is 2.73. The maximum atomic E-state index is 12.9. The summed E-state index contributed by atoms with van der Waals surface area (Å²) in [6.07, 6.45) is 0.640. The zero-order valence-electron chi connectivity index (χ0n) is 14.3. The van der Waals surface area contributed by atoms with Crippen molar-refractivity contribution >= 4 is 39.9 Å². The number of hydrogen-bond donors (Lipinski definition) is 4. The minimum absolute atomic E-state index is 0.00118. The van der Waals surface area contributed by atoms with Crippen molar-refractivity contribution in [1.82, 2.24) is 4.98 Å². The Morgan fingerprint density at radius 2 is 1.85 bits per heavy atom. The molecule has 4 N–H and O–H groups in total. The normalized spacial score (nSPS) is 10.6. The molecular formula is C19H16ClN3O4. The molecule has 0 saturated heterocycles. The number of anilines is 2. The predicted molar refractivity (Wildman–Crippen MR) is 106 cm³/mol. The van der Waals surface area contributed by atoms with E-state index < -0.39 is 28.5 Å². The minimum Gasteiger partial charge on any atom is -0.501 e. The number of fused-ring (bicyclic) bond motifs is 1. The van der Waals surface area contributed by atoms with Gasteiger partial charge in [0.2, 0.25) is 11.2 Å². The molecule has 0 saturated carbocycles. The van der Waals surface area contributed by atoms with Crippen LogP contribution in [-0.2, 0) is 6.42 Å². The molecule has 3 aromatic rings. The van der Waals surface area contributed by atoms with Crippen molar-refractivity contribution in [2.75, 3.05) is 10.6 Å². The highest BCUT2D eigenvalue weighted by molar-refractivity contribution is 6.35. The van der Waals surface area contributed by atoms with Crippen molar-refractivity contribution in [3.63, 3.8) is 0 Å². The van der Waals surface area contributed by atoms with E-state index in [0.29, 0.717) is 12.1 Å². The van der Waals surface area contributed by atoms with Crippen molar-refractivity contribution in [1.29, 1.82) is 0 Å². The van der Waals surface area contributed by atoms with Crippen LogP contribution in [0.5, 0.6) is 5.75 Å². The molecule has 7 nitrogen and oxygen atoms in total. The number of halogens is 1. The lowest BCUT2D eigenvalue weighted by atomic mass is 10.1. The highest BCUT2D eigenvalue weighted by Gasteiger charge is 2.17. The van der Waals surface area contributed by atoms with Crippen molar-refractivity contribution in [3.8, 4) is 5.75 Å². The maximum Gasteiger partial charge on any atom is 0.323 e. The summed E-state index contributed by atoms with van der Waals surface area (Å²) in [5.41, 5.74) is -0.763. The van der Waals surface area contributed by atoms with Gasteiger partial charge in [-0.25, -0.2) is 4.79 Å². The van der Waals surface area contributed by atoms with Crippen LogP contribution >= 0.6 is 11.6 Å². The number of rotatable bonds is 3. The number of carbonyl (C=O) groups excluding carboxylic acids is 1. The summed E-state index contributed by atoms with van der Waals surface area (Å²) in [6.45, 7) is 1.90. The number of amides is 2. The van der Waals surface area contributed by atoms with Gasteiger partial charge in [0.05, 0.1) is 15.9 Å². The number of para-hydroxylation sites is 1. The van der Waals surface area contributed by atoms with Crippen LogP contribution in [0.1, 0.15) is 12.5 Å². The summed E-state index contributed by atoms with van der Waals surface area (Å²) in [6, 6.07) is 10.9. The molecule has 27 heavy (non-hydrogen) atoms. The monoisotopic (exact) mass is 385 g/mol. The first-order valence-corrected chi connectivity index (χ1v) is 8.53. The molecule has 0 spiro atoms. The first-order chi connectivity index (χ1) is 12.9. The highest BCUT2D eigenvalue weighted by atomic mass is 35.5. The molecule has 0 bridgehead atoms. The molecule has 0 atom stereocenters. The van der Waals surface area contributed by atoms with Crippen molar-refractivity contribution in [3.05, 3.63) is 73.6 Å². The molecule has 8 heteroatoms. The molecule has 0 fully saturated rings. The SMILES string of the molecule is CCc1cc(Cl)c2c(=O)c(NC(=O)Nc3ccccc3)c(O)c(=O)[nH]c2c1. The molecule has 2 amide bonds. The molecule has 138 valence electrons. The number of aromatic amines is 1. The number of aryl methyl sites for hydroxylation is 1. The number of urea groups is 1. The van der Waals surface area contributed by atoms with Gasteiger partial charge in [0.25, 0.3) is 5.56 Å². The molecule has 2 aromatic carbocycles. The van der Waals surface area contributed by atoms with Gasteiger partial charge in [-0.15, -0.1) is 0 Å². The number of aromatic nitrogens is 1. The fourth-order valence-electron chi connectivity index (χ4n) is 2.64. The van der Waals surface area contributed by atoms with E-state index in [9.17, 15) is 19.5 Å². The third kappa shape index (κ3) is 3.78. The number of hydrogen-bond acceptors (Lipinski definition) is 4. The first kappa shape index (κ1) is 18.5. The smallest absolute Gasteiger partial charge is 0.323 e. The molecule has 0 unspecified atom stereocenters. The van der Waals surface area contributed by atoms with E-state index in [1.807, 2.05) is 6.92 Å². The lowest BCUT2D eigenvalue weighted by molar-refractivity contribution is 0.262. The number of aromatic hydroxyl groups is 1. The van der Waals surface area contributed by atoms with Gasteiger partial charge < -0.3 is 20.7 Å². The van der Waals surface area contributed by atoms with Gasteiger partial charge in [-0.3, -0.25) is 9.59 Å². The van der Waals surface area contributed by atoms with E-state index in [1.165, 1.54) is 0 Å². The Bertz CT molecular complexity index is 1140. The first-order valence-electron chi connectivity index (χ1n) is 8.15. The second kappa shape index (κ2) is 7.51. The fraction of sp³-hybridized carbons (Fsp3) is 0.105. The van der Waals surface area contributed by atoms with Crippen LogP contribution < -0.4 is 21.6 Å². The lowest BCUT2D eigenvalue weighted by Gasteiger charge is -2.07. The van der Waals surface area contributed by atoms with Gasteiger partial charge in [0.15, 0.2) is 0 Å². The molecule has 3 rings (SSSR count). The Kier molecular flexibility index (Phi) is 5.14. The third-order valence-electron chi connectivity index (χ3n) is 3.98. The summed E-state index contributed by atoms with van der Waals surface area (Å²) < 4.78 is 0. The van der Waals surface area contributed by atoms with E-state index in [0.717, 1.165) is 5.56 Å². The Balaban J connectivity index is 2.13. The van der Waals surface area contributed by atoms with E-state index in [1.54, 1.807) is 42.5 Å². The van der Waals surface area contributed by atoms with Crippen molar-refractivity contribution in [2.24, 2.45) is 0 Å². The van der Waals surface area contributed by atoms with Crippen molar-refractivity contribution < 1.29 is 9.90 Å². The van der Waals surface area contributed by atoms with Gasteiger partial charge in [0, 0.05) is 5.69 Å². The summed E-state index contributed by atoms with van der Waals surface area (Å²) in [7, 11) is 0. The minimum atomic E-state index is -0.915. The standard InChI is InChI=1S/C19H16ClN3O4/c1-2-10-8-12(20)14-13(9-10)22-18(26)17(25)15(16(14)24)23-19(27)21-11-6-4-3-5-7-11/h3-9H,2H2,1H3,(H4,21,22,23,24,25,26,27). The lowest BCUT2D eigenvalue weighted by Crippen LogP contribution is -2.23. The third-order valence-corrected chi connectivity index (χ3v) is 4.28. The fourth-order valence-corrected chi connectivity index (χ4v) is 2.96. The summed E-state index contributed by atoms with van der Waals surface area (Å²) >= 11 is 6.22. The zero-order valence-corrected chi connectivity index (χ0v) is 15.1. The van der Waals surface area contributed by atoms with E-state index in [4.69, 9.17) is 11.6 Å². The number of nitrogens with one attached hydrogen (secondary N) is 3. The van der Waals surface area contributed by atoms with E-state index in [-0.39, 0.29) is 15.9 Å². The maximum absolute atomic E-state index is 12.9. The van der Waals surface area contributed by atoms with Gasteiger partial charge >= 0.3 is 6.03 Å². The molecule has 0 radical (unpaired) electrons. The Morgan fingerprint density at radius 1 is 1.15 bits per heavy atom. The van der Waals surface area contributed by atoms with Crippen LogP contribution in [-0.4, -0.2) is 16.1 Å². The molecular weight excluding hydrogens is 370 g/mol. The topological polar surface area (TPSA) is 111 Å². The van der Waals surface area contributed by atoms with Crippen LogP contribution in [0.4, 0.5) is 16.2 Å². The van der Waals surface area contributed by atoms with Crippen LogP contribution in [0.25, 0.3) is 10.9 Å². The Morgan fingerprint density at radius 3 is 2.52 bits per heavy atom. The number of carbonyl (C=O) groups is 1. The number of H-pyrrole nitrogens is 1. The van der Waals surface area contributed by atoms with Crippen LogP contribution in [0.2, 0.25) is 5.02 Å². The van der Waals surface area contributed by atoms with Crippen molar-refractivity contribution in [2.45, 2.75) is 13.3 Å². The second-order valence-electron chi connectivity index (χ2n) is 5.81. The largest absolute Gasteiger partial charge is 0.501 e. The Labute approximate surface area is 158 Å².